The summed E-state index contributed by atoms with van der Waals surface area (Å²) in [6.07, 6.45) is 1.85. The minimum Gasteiger partial charge on any atom is -0.396 e. The van der Waals surface area contributed by atoms with E-state index in [1.807, 2.05) is 13.0 Å². The number of hydrogen-bond acceptors (Lipinski definition) is 4. The number of aliphatic hydroxyl groups excluding tert-OH is 1. The van der Waals surface area contributed by atoms with E-state index in [2.05, 4.69) is 10.5 Å². The predicted octanol–water partition coefficient (Wildman–Crippen LogP) is 0.845. The molecule has 0 bridgehead atoms. The molecular weight excluding hydrogens is 168 g/mol. The van der Waals surface area contributed by atoms with E-state index in [1.165, 1.54) is 0 Å². The van der Waals surface area contributed by atoms with Crippen molar-refractivity contribution < 1.29 is 9.63 Å². The highest BCUT2D eigenvalue weighted by molar-refractivity contribution is 5.02. The van der Waals surface area contributed by atoms with Crippen molar-refractivity contribution in [1.82, 2.24) is 10.5 Å². The molecule has 74 valence electrons. The lowest BCUT2D eigenvalue weighted by molar-refractivity contribution is 0.283. The maximum atomic E-state index is 8.53. The molecule has 4 nitrogen and oxygen atoms in total. The van der Waals surface area contributed by atoms with Crippen molar-refractivity contribution in [3.8, 4) is 0 Å². The Labute approximate surface area is 77.9 Å². The lowest BCUT2D eigenvalue weighted by Crippen LogP contribution is -2.15. The van der Waals surface area contributed by atoms with Crippen LogP contribution in [0.25, 0.3) is 0 Å². The normalized spacial score (nSPS) is 10.6. The van der Waals surface area contributed by atoms with Crippen molar-refractivity contribution in [1.29, 1.82) is 0 Å². The Bertz CT molecular complexity index is 235. The molecular formula is C9H16N2O2. The van der Waals surface area contributed by atoms with Crippen LogP contribution in [0.2, 0.25) is 0 Å². The molecule has 0 fully saturated rings. The second kappa shape index (κ2) is 5.72. The van der Waals surface area contributed by atoms with Crippen LogP contribution in [0.1, 0.15) is 24.3 Å². The van der Waals surface area contributed by atoms with Gasteiger partial charge in [0.15, 0.2) is 0 Å². The molecule has 0 aliphatic rings. The second-order valence-electron chi connectivity index (χ2n) is 3.04. The van der Waals surface area contributed by atoms with Gasteiger partial charge < -0.3 is 14.9 Å². The Balaban J connectivity index is 2.06. The molecule has 0 atom stereocenters. The van der Waals surface area contributed by atoms with Gasteiger partial charge in [-0.05, 0) is 26.3 Å². The molecule has 4 heteroatoms. The average Bonchev–Trinajstić information content (AvgIpc) is 2.51. The molecule has 0 unspecified atom stereocenters. The third-order valence-electron chi connectivity index (χ3n) is 1.74. The van der Waals surface area contributed by atoms with E-state index in [0.29, 0.717) is 0 Å². The summed E-state index contributed by atoms with van der Waals surface area (Å²) in [7, 11) is 0. The first-order valence-corrected chi connectivity index (χ1v) is 4.56. The summed E-state index contributed by atoms with van der Waals surface area (Å²) in [5, 5.41) is 15.6. The zero-order chi connectivity index (χ0) is 9.52. The van der Waals surface area contributed by atoms with Crippen LogP contribution in [0.3, 0.4) is 0 Å². The van der Waals surface area contributed by atoms with Gasteiger partial charge in [-0.2, -0.15) is 0 Å². The number of aromatic nitrogens is 1. The van der Waals surface area contributed by atoms with E-state index in [4.69, 9.17) is 9.63 Å². The number of hydrogen-bond donors (Lipinski definition) is 2. The van der Waals surface area contributed by atoms with Crippen LogP contribution in [0, 0.1) is 6.92 Å². The van der Waals surface area contributed by atoms with E-state index in [-0.39, 0.29) is 6.61 Å². The fourth-order valence-corrected chi connectivity index (χ4v) is 1.08. The molecule has 0 saturated carbocycles. The molecule has 0 radical (unpaired) electrons. The minimum atomic E-state index is 0.269. The number of unbranched alkanes of at least 4 members (excludes halogenated alkanes) is 1. The molecule has 1 aromatic rings. The van der Waals surface area contributed by atoms with Crippen molar-refractivity contribution in [2.24, 2.45) is 0 Å². The smallest absolute Gasteiger partial charge is 0.133 e. The summed E-state index contributed by atoms with van der Waals surface area (Å²) in [6, 6.07) is 1.92. The van der Waals surface area contributed by atoms with E-state index in [0.717, 1.165) is 37.4 Å². The molecule has 1 heterocycles. The van der Waals surface area contributed by atoms with E-state index < -0.39 is 0 Å². The fraction of sp³-hybridized carbons (Fsp3) is 0.667. The zero-order valence-corrected chi connectivity index (χ0v) is 7.92. The maximum absolute atomic E-state index is 8.53. The van der Waals surface area contributed by atoms with E-state index in [9.17, 15) is 0 Å². The predicted molar refractivity (Wildman–Crippen MR) is 49.3 cm³/mol. The van der Waals surface area contributed by atoms with Crippen LogP contribution in [0.4, 0.5) is 0 Å². The first-order valence-electron chi connectivity index (χ1n) is 4.56. The quantitative estimate of drug-likeness (QED) is 0.643. The first kappa shape index (κ1) is 10.2. The van der Waals surface area contributed by atoms with Gasteiger partial charge in [-0.25, -0.2) is 0 Å². The minimum absolute atomic E-state index is 0.269. The topological polar surface area (TPSA) is 58.3 Å². The van der Waals surface area contributed by atoms with Gasteiger partial charge in [0.1, 0.15) is 5.76 Å². The van der Waals surface area contributed by atoms with Crippen molar-refractivity contribution >= 4 is 0 Å². The summed E-state index contributed by atoms with van der Waals surface area (Å²) in [6.45, 7) is 3.79. The Kier molecular flexibility index (Phi) is 4.49. The summed E-state index contributed by atoms with van der Waals surface area (Å²) < 4.78 is 4.91. The zero-order valence-electron chi connectivity index (χ0n) is 7.92. The lowest BCUT2D eigenvalue weighted by Gasteiger charge is -1.99. The number of aryl methyl sites for hydroxylation is 1. The van der Waals surface area contributed by atoms with Crippen LogP contribution in [0.15, 0.2) is 10.6 Å². The molecule has 13 heavy (non-hydrogen) atoms. The number of rotatable bonds is 6. The van der Waals surface area contributed by atoms with Gasteiger partial charge in [-0.15, -0.1) is 0 Å². The molecule has 0 amide bonds. The summed E-state index contributed by atoms with van der Waals surface area (Å²) in [5.41, 5.74) is 0.932. The van der Waals surface area contributed by atoms with Gasteiger partial charge in [0, 0.05) is 19.2 Å². The number of aliphatic hydroxyl groups is 1. The molecule has 0 spiro atoms. The molecule has 1 rings (SSSR count). The van der Waals surface area contributed by atoms with E-state index >= 15 is 0 Å². The number of nitrogens with one attached hydrogen (secondary N) is 1. The van der Waals surface area contributed by atoms with Gasteiger partial charge in [0.2, 0.25) is 0 Å². The standard InChI is InChI=1S/C9H16N2O2/c1-8-6-9(11-13-8)7-10-4-2-3-5-12/h6,10,12H,2-5,7H2,1H3. The van der Waals surface area contributed by atoms with Gasteiger partial charge in [-0.1, -0.05) is 5.16 Å². The van der Waals surface area contributed by atoms with Gasteiger partial charge in [0.25, 0.3) is 0 Å². The SMILES string of the molecule is Cc1cc(CNCCCCO)no1. The first-order chi connectivity index (χ1) is 6.33. The van der Waals surface area contributed by atoms with Crippen molar-refractivity contribution in [3.63, 3.8) is 0 Å². The highest BCUT2D eigenvalue weighted by Crippen LogP contribution is 2.00. The molecule has 0 aliphatic carbocycles. The molecule has 2 N–H and O–H groups in total. The van der Waals surface area contributed by atoms with Crippen molar-refractivity contribution in [2.45, 2.75) is 26.3 Å². The number of nitrogens with zero attached hydrogens (tertiary/aromatic N) is 1. The third kappa shape index (κ3) is 4.05. The van der Waals surface area contributed by atoms with E-state index in [1.54, 1.807) is 0 Å². The van der Waals surface area contributed by atoms with Crippen LogP contribution in [-0.4, -0.2) is 23.4 Å². The Morgan fingerprint density at radius 3 is 3.00 bits per heavy atom. The van der Waals surface area contributed by atoms with Crippen molar-refractivity contribution in [2.75, 3.05) is 13.2 Å². The van der Waals surface area contributed by atoms with Gasteiger partial charge in [0.05, 0.1) is 5.69 Å². The average molecular weight is 184 g/mol. The summed E-state index contributed by atoms with van der Waals surface area (Å²) in [4.78, 5) is 0. The Morgan fingerprint density at radius 2 is 2.38 bits per heavy atom. The highest BCUT2D eigenvalue weighted by Gasteiger charge is 1.98. The highest BCUT2D eigenvalue weighted by atomic mass is 16.5. The Morgan fingerprint density at radius 1 is 1.54 bits per heavy atom. The summed E-state index contributed by atoms with van der Waals surface area (Å²) >= 11 is 0. The molecule has 0 aliphatic heterocycles. The molecule has 0 aromatic carbocycles. The van der Waals surface area contributed by atoms with Gasteiger partial charge in [-0.3, -0.25) is 0 Å². The van der Waals surface area contributed by atoms with Crippen LogP contribution < -0.4 is 5.32 Å². The van der Waals surface area contributed by atoms with Crippen LogP contribution >= 0.6 is 0 Å². The van der Waals surface area contributed by atoms with Crippen molar-refractivity contribution in [3.05, 3.63) is 17.5 Å². The van der Waals surface area contributed by atoms with Crippen LogP contribution in [0.5, 0.6) is 0 Å². The third-order valence-corrected chi connectivity index (χ3v) is 1.74. The monoisotopic (exact) mass is 184 g/mol. The second-order valence-corrected chi connectivity index (χ2v) is 3.04. The molecule has 0 saturated heterocycles. The van der Waals surface area contributed by atoms with Crippen LogP contribution in [-0.2, 0) is 6.54 Å². The largest absolute Gasteiger partial charge is 0.396 e. The maximum Gasteiger partial charge on any atom is 0.133 e. The summed E-state index contributed by atoms with van der Waals surface area (Å²) in [5.74, 6) is 0.840. The Hall–Kier alpha value is -0.870. The van der Waals surface area contributed by atoms with Gasteiger partial charge >= 0.3 is 0 Å². The molecule has 1 aromatic heterocycles. The fourth-order valence-electron chi connectivity index (χ4n) is 1.08. The lowest BCUT2D eigenvalue weighted by atomic mass is 10.3.